The van der Waals surface area contributed by atoms with E-state index in [-0.39, 0.29) is 24.4 Å². The summed E-state index contributed by atoms with van der Waals surface area (Å²) in [5, 5.41) is 7.16. The van der Waals surface area contributed by atoms with Crippen molar-refractivity contribution in [3.63, 3.8) is 0 Å². The lowest BCUT2D eigenvalue weighted by Crippen LogP contribution is -2.38. The largest absolute Gasteiger partial charge is 0.490 e. The highest BCUT2D eigenvalue weighted by atomic mass is 16.5. The minimum absolute atomic E-state index is 0.0231. The van der Waals surface area contributed by atoms with Crippen LogP contribution in [0.15, 0.2) is 22.7 Å². The zero-order valence-electron chi connectivity index (χ0n) is 17.9. The molecule has 0 aliphatic carbocycles. The number of hydrogen-bond donors (Lipinski definition) is 1. The van der Waals surface area contributed by atoms with Crippen molar-refractivity contribution in [2.45, 2.75) is 46.7 Å². The van der Waals surface area contributed by atoms with E-state index in [1.807, 2.05) is 44.0 Å². The van der Waals surface area contributed by atoms with Crippen molar-refractivity contribution in [1.82, 2.24) is 15.4 Å². The fourth-order valence-electron chi connectivity index (χ4n) is 3.53. The van der Waals surface area contributed by atoms with Gasteiger partial charge in [0.1, 0.15) is 5.76 Å². The number of rotatable bonds is 7. The summed E-state index contributed by atoms with van der Waals surface area (Å²) in [5.74, 6) is 2.51. The Hall–Kier alpha value is -2.54. The van der Waals surface area contributed by atoms with E-state index in [1.165, 1.54) is 0 Å². The van der Waals surface area contributed by atoms with Crippen LogP contribution in [0.4, 0.5) is 0 Å². The summed E-state index contributed by atoms with van der Waals surface area (Å²) < 4.78 is 16.7. The van der Waals surface area contributed by atoms with Gasteiger partial charge in [-0.25, -0.2) is 0 Å². The predicted octanol–water partition coefficient (Wildman–Crippen LogP) is 3.40. The smallest absolute Gasteiger partial charge is 0.234 e. The standard InChI is InChI=1S/C22H31N3O4/c1-14(2)22(17-7-8-19-20(11-17)28-10-6-9-27-19)23-21(26)13-25(5)12-18-15(3)24-29-16(18)4/h7-8,11,14,22H,6,9-10,12-13H2,1-5H3,(H,23,26). The molecule has 0 saturated carbocycles. The highest BCUT2D eigenvalue weighted by Crippen LogP contribution is 2.34. The summed E-state index contributed by atoms with van der Waals surface area (Å²) >= 11 is 0. The molecule has 0 spiro atoms. The van der Waals surface area contributed by atoms with Crippen LogP contribution in [0.5, 0.6) is 11.5 Å². The van der Waals surface area contributed by atoms with Gasteiger partial charge >= 0.3 is 0 Å². The fourth-order valence-corrected chi connectivity index (χ4v) is 3.53. The van der Waals surface area contributed by atoms with Crippen LogP contribution in [0.2, 0.25) is 0 Å². The molecule has 0 saturated heterocycles. The first kappa shape index (κ1) is 21.2. The van der Waals surface area contributed by atoms with Crippen LogP contribution >= 0.6 is 0 Å². The van der Waals surface area contributed by atoms with Crippen LogP contribution in [0, 0.1) is 19.8 Å². The quantitative estimate of drug-likeness (QED) is 0.766. The number of nitrogens with zero attached hydrogens (tertiary/aromatic N) is 2. The Morgan fingerprint density at radius 3 is 2.59 bits per heavy atom. The van der Waals surface area contributed by atoms with E-state index in [2.05, 4.69) is 24.3 Å². The molecular weight excluding hydrogens is 370 g/mol. The highest BCUT2D eigenvalue weighted by molar-refractivity contribution is 5.78. The molecule has 1 aromatic carbocycles. The zero-order chi connectivity index (χ0) is 21.0. The summed E-state index contributed by atoms with van der Waals surface area (Å²) in [7, 11) is 1.92. The molecule has 1 atom stereocenters. The Morgan fingerprint density at radius 2 is 1.93 bits per heavy atom. The third-order valence-corrected chi connectivity index (χ3v) is 5.14. The minimum atomic E-state index is -0.105. The Morgan fingerprint density at radius 1 is 1.21 bits per heavy atom. The number of ether oxygens (including phenoxy) is 2. The number of benzene rings is 1. The van der Waals surface area contributed by atoms with Crippen LogP contribution in [0.1, 0.15) is 48.9 Å². The lowest BCUT2D eigenvalue weighted by Gasteiger charge is -2.25. The van der Waals surface area contributed by atoms with Crippen LogP contribution in [-0.2, 0) is 11.3 Å². The van der Waals surface area contributed by atoms with Crippen molar-refractivity contribution in [3.05, 3.63) is 40.8 Å². The second kappa shape index (κ2) is 9.31. The molecule has 158 valence electrons. The van der Waals surface area contributed by atoms with E-state index in [0.717, 1.165) is 40.5 Å². The molecule has 0 fully saturated rings. The second-order valence-corrected chi connectivity index (χ2v) is 8.02. The number of likely N-dealkylation sites (N-methyl/N-ethyl adjacent to an activating group) is 1. The molecule has 1 N–H and O–H groups in total. The van der Waals surface area contributed by atoms with Gasteiger partial charge in [0.05, 0.1) is 31.5 Å². The second-order valence-electron chi connectivity index (χ2n) is 8.02. The van der Waals surface area contributed by atoms with Gasteiger partial charge in [0.15, 0.2) is 11.5 Å². The van der Waals surface area contributed by atoms with Crippen molar-refractivity contribution in [2.24, 2.45) is 5.92 Å². The number of carbonyl (C=O) groups excluding carboxylic acids is 1. The third kappa shape index (κ3) is 5.29. The summed E-state index contributed by atoms with van der Waals surface area (Å²) in [6.45, 7) is 10.2. The number of nitrogens with one attached hydrogen (secondary N) is 1. The maximum absolute atomic E-state index is 12.7. The third-order valence-electron chi connectivity index (χ3n) is 5.14. The highest BCUT2D eigenvalue weighted by Gasteiger charge is 2.22. The molecule has 29 heavy (non-hydrogen) atoms. The number of amides is 1. The Labute approximate surface area is 172 Å². The molecule has 1 unspecified atom stereocenters. The lowest BCUT2D eigenvalue weighted by molar-refractivity contribution is -0.123. The zero-order valence-corrected chi connectivity index (χ0v) is 17.9. The SMILES string of the molecule is Cc1noc(C)c1CN(C)CC(=O)NC(c1ccc2c(c1)OCCCO2)C(C)C. The Bertz CT molecular complexity index is 827. The molecule has 3 rings (SSSR count). The molecule has 1 amide bonds. The van der Waals surface area contributed by atoms with E-state index in [9.17, 15) is 4.79 Å². The van der Waals surface area contributed by atoms with Crippen LogP contribution < -0.4 is 14.8 Å². The van der Waals surface area contributed by atoms with Crippen molar-refractivity contribution in [2.75, 3.05) is 26.8 Å². The molecule has 0 radical (unpaired) electrons. The average molecular weight is 402 g/mol. The summed E-state index contributed by atoms with van der Waals surface area (Å²) in [5.41, 5.74) is 2.91. The summed E-state index contributed by atoms with van der Waals surface area (Å²) in [6, 6.07) is 5.82. The number of hydrogen-bond acceptors (Lipinski definition) is 6. The molecule has 0 bridgehead atoms. The van der Waals surface area contributed by atoms with E-state index >= 15 is 0 Å². The van der Waals surface area contributed by atoms with E-state index in [0.29, 0.717) is 19.8 Å². The molecule has 7 nitrogen and oxygen atoms in total. The topological polar surface area (TPSA) is 76.8 Å². The molecule has 7 heteroatoms. The van der Waals surface area contributed by atoms with Crippen molar-refractivity contribution in [3.8, 4) is 11.5 Å². The molecule has 1 aliphatic rings. The monoisotopic (exact) mass is 401 g/mol. The Kier molecular flexibility index (Phi) is 6.79. The number of aromatic nitrogens is 1. The van der Waals surface area contributed by atoms with Gasteiger partial charge in [0, 0.05) is 18.5 Å². The van der Waals surface area contributed by atoms with Crippen LogP contribution in [-0.4, -0.2) is 42.8 Å². The first-order chi connectivity index (χ1) is 13.8. The normalized spacial score (nSPS) is 14.7. The maximum atomic E-state index is 12.7. The van der Waals surface area contributed by atoms with Crippen molar-refractivity contribution >= 4 is 5.91 Å². The maximum Gasteiger partial charge on any atom is 0.234 e. The van der Waals surface area contributed by atoms with Gasteiger partial charge in [-0.2, -0.15) is 0 Å². The molecular formula is C22H31N3O4. The molecule has 2 aromatic rings. The lowest BCUT2D eigenvalue weighted by atomic mass is 9.95. The van der Waals surface area contributed by atoms with Crippen molar-refractivity contribution in [1.29, 1.82) is 0 Å². The van der Waals surface area contributed by atoms with Gasteiger partial charge in [0.25, 0.3) is 0 Å². The minimum Gasteiger partial charge on any atom is -0.490 e. The molecule has 1 aromatic heterocycles. The first-order valence-corrected chi connectivity index (χ1v) is 10.1. The fraction of sp³-hybridized carbons (Fsp3) is 0.545. The van der Waals surface area contributed by atoms with Crippen LogP contribution in [0.25, 0.3) is 0 Å². The van der Waals surface area contributed by atoms with Crippen molar-refractivity contribution < 1.29 is 18.8 Å². The summed E-state index contributed by atoms with van der Waals surface area (Å²) in [4.78, 5) is 14.7. The van der Waals surface area contributed by atoms with Crippen LogP contribution in [0.3, 0.4) is 0 Å². The van der Waals surface area contributed by atoms with E-state index < -0.39 is 0 Å². The van der Waals surface area contributed by atoms with Gasteiger partial charge in [-0.15, -0.1) is 0 Å². The molecule has 2 heterocycles. The Balaban J connectivity index is 1.65. The van der Waals surface area contributed by atoms with Gasteiger partial charge in [-0.05, 0) is 44.5 Å². The predicted molar refractivity (Wildman–Crippen MR) is 110 cm³/mol. The number of carbonyl (C=O) groups is 1. The van der Waals surface area contributed by atoms with Gasteiger partial charge in [-0.1, -0.05) is 25.1 Å². The van der Waals surface area contributed by atoms with Gasteiger partial charge < -0.3 is 19.3 Å². The van der Waals surface area contributed by atoms with E-state index in [1.54, 1.807) is 0 Å². The summed E-state index contributed by atoms with van der Waals surface area (Å²) in [6.07, 6.45) is 0.867. The first-order valence-electron chi connectivity index (χ1n) is 10.1. The van der Waals surface area contributed by atoms with Gasteiger partial charge in [0.2, 0.25) is 5.91 Å². The molecule has 1 aliphatic heterocycles. The van der Waals surface area contributed by atoms with E-state index in [4.69, 9.17) is 14.0 Å². The number of aryl methyl sites for hydroxylation is 2. The van der Waals surface area contributed by atoms with Gasteiger partial charge in [-0.3, -0.25) is 9.69 Å². The average Bonchev–Trinajstić information content (AvgIpc) is 2.87. The number of fused-ring (bicyclic) bond motifs is 1.